The van der Waals surface area contributed by atoms with Crippen molar-refractivity contribution in [2.45, 2.75) is 70.2 Å². The van der Waals surface area contributed by atoms with E-state index in [1.807, 2.05) is 27.7 Å². The normalized spacial score (nSPS) is 26.5. The van der Waals surface area contributed by atoms with Crippen LogP contribution in [0.4, 0.5) is 0 Å². The van der Waals surface area contributed by atoms with Gasteiger partial charge in [0.2, 0.25) is 0 Å². The molecule has 2 unspecified atom stereocenters. The molecule has 0 aromatic heterocycles. The van der Waals surface area contributed by atoms with Crippen LogP contribution < -0.4 is 0 Å². The van der Waals surface area contributed by atoms with Crippen LogP contribution in [0.1, 0.15) is 53.4 Å². The van der Waals surface area contributed by atoms with Crippen molar-refractivity contribution in [3.8, 4) is 0 Å². The highest BCUT2D eigenvalue weighted by Gasteiger charge is 2.59. The van der Waals surface area contributed by atoms with Crippen molar-refractivity contribution in [2.75, 3.05) is 21.3 Å². The van der Waals surface area contributed by atoms with Crippen molar-refractivity contribution in [2.24, 2.45) is 5.92 Å². The van der Waals surface area contributed by atoms with Crippen LogP contribution in [-0.2, 0) is 23.1 Å². The van der Waals surface area contributed by atoms with Crippen LogP contribution in [0.5, 0.6) is 0 Å². The van der Waals surface area contributed by atoms with E-state index in [0.29, 0.717) is 6.42 Å². The van der Waals surface area contributed by atoms with E-state index in [9.17, 15) is 4.79 Å². The smallest absolute Gasteiger partial charge is 0.370 e. The van der Waals surface area contributed by atoms with E-state index in [1.54, 1.807) is 21.3 Å². The summed E-state index contributed by atoms with van der Waals surface area (Å²) in [5, 5.41) is -0.495. The number of hydrogen-bond acceptors (Lipinski definition) is 5. The fourth-order valence-electron chi connectivity index (χ4n) is 3.42. The first-order valence-corrected chi connectivity index (χ1v) is 10.1. The molecular weight excluding hydrogens is 300 g/mol. The molecule has 0 aliphatic carbocycles. The number of carbonyl (C=O) groups excluding carboxylic acids is 1. The Hall–Kier alpha value is -0.433. The van der Waals surface area contributed by atoms with Gasteiger partial charge in [-0.3, -0.25) is 4.79 Å². The van der Waals surface area contributed by atoms with Crippen LogP contribution in [0.3, 0.4) is 0 Å². The molecule has 0 aromatic rings. The summed E-state index contributed by atoms with van der Waals surface area (Å²) in [5.74, 6) is -0.445. The van der Waals surface area contributed by atoms with Crippen LogP contribution in [0.2, 0.25) is 6.04 Å². The lowest BCUT2D eigenvalue weighted by Gasteiger charge is -2.48. The Labute approximate surface area is 135 Å². The molecule has 1 aliphatic heterocycles. The summed E-state index contributed by atoms with van der Waals surface area (Å²) in [7, 11) is 2.60. The third-order valence-electron chi connectivity index (χ3n) is 4.53. The van der Waals surface area contributed by atoms with Gasteiger partial charge in [-0.2, -0.15) is 0 Å². The number of hydrogen-bond donors (Lipinski definition) is 0. The molecule has 1 saturated heterocycles. The zero-order chi connectivity index (χ0) is 17.0. The molecule has 6 heteroatoms. The van der Waals surface area contributed by atoms with Crippen molar-refractivity contribution >= 4 is 14.5 Å². The summed E-state index contributed by atoms with van der Waals surface area (Å²) in [5.41, 5.74) is -0.477. The van der Waals surface area contributed by atoms with Gasteiger partial charge >= 0.3 is 14.5 Å². The molecule has 2 atom stereocenters. The highest BCUT2D eigenvalue weighted by molar-refractivity contribution is 6.70. The minimum absolute atomic E-state index is 0.190. The average molecular weight is 333 g/mol. The molecule has 22 heavy (non-hydrogen) atoms. The van der Waals surface area contributed by atoms with Gasteiger partial charge in [-0.1, -0.05) is 19.8 Å². The van der Waals surface area contributed by atoms with Crippen LogP contribution >= 0.6 is 0 Å². The Morgan fingerprint density at radius 3 is 2.23 bits per heavy atom. The fourth-order valence-corrected chi connectivity index (χ4v) is 7.40. The molecule has 0 spiro atoms. The van der Waals surface area contributed by atoms with Gasteiger partial charge in [0.15, 0.2) is 0 Å². The predicted octanol–water partition coefficient (Wildman–Crippen LogP) is 3.20. The fraction of sp³-hybridized carbons (Fsp3) is 0.938. The monoisotopic (exact) mass is 332 g/mol. The molecule has 5 nitrogen and oxygen atoms in total. The van der Waals surface area contributed by atoms with Gasteiger partial charge in [-0.05, 0) is 39.7 Å². The minimum atomic E-state index is -2.51. The van der Waals surface area contributed by atoms with Crippen molar-refractivity contribution in [3.05, 3.63) is 0 Å². The summed E-state index contributed by atoms with van der Waals surface area (Å²) in [6.07, 6.45) is 3.59. The maximum atomic E-state index is 12.3. The highest BCUT2D eigenvalue weighted by Crippen LogP contribution is 2.43. The van der Waals surface area contributed by atoms with E-state index in [2.05, 4.69) is 0 Å². The van der Waals surface area contributed by atoms with Gasteiger partial charge in [0.05, 0.1) is 5.92 Å². The lowest BCUT2D eigenvalue weighted by molar-refractivity contribution is -0.161. The van der Waals surface area contributed by atoms with Crippen LogP contribution in [-0.4, -0.2) is 46.7 Å². The van der Waals surface area contributed by atoms with Gasteiger partial charge in [-0.15, -0.1) is 0 Å². The summed E-state index contributed by atoms with van der Waals surface area (Å²) >= 11 is 0. The van der Waals surface area contributed by atoms with Crippen LogP contribution in [0, 0.1) is 5.92 Å². The Kier molecular flexibility index (Phi) is 6.62. The Morgan fingerprint density at radius 2 is 1.77 bits per heavy atom. The number of carbonyl (C=O) groups is 1. The van der Waals surface area contributed by atoms with E-state index >= 15 is 0 Å². The molecule has 0 amide bonds. The van der Waals surface area contributed by atoms with E-state index in [4.69, 9.17) is 18.3 Å². The molecule has 1 rings (SSSR count). The summed E-state index contributed by atoms with van der Waals surface area (Å²) in [6.45, 7) is 7.54. The van der Waals surface area contributed by atoms with Gasteiger partial charge in [0, 0.05) is 21.3 Å². The molecule has 0 aromatic carbocycles. The lowest BCUT2D eigenvalue weighted by atomic mass is 9.98. The molecule has 0 N–H and O–H groups in total. The number of methoxy groups -OCH3 is 1. The second-order valence-corrected chi connectivity index (χ2v) is 10.9. The maximum absolute atomic E-state index is 12.3. The zero-order valence-corrected chi connectivity index (χ0v) is 16.2. The molecule has 1 fully saturated rings. The van der Waals surface area contributed by atoms with Crippen molar-refractivity contribution in [1.29, 1.82) is 0 Å². The first-order chi connectivity index (χ1) is 10.2. The average Bonchev–Trinajstić information content (AvgIpc) is 2.46. The summed E-state index contributed by atoms with van der Waals surface area (Å²) in [6, 6.07) is 0.898. The molecular formula is C16H32O5Si. The topological polar surface area (TPSA) is 54.0 Å². The first kappa shape index (κ1) is 19.6. The molecule has 1 heterocycles. The Bertz CT molecular complexity index is 375. The van der Waals surface area contributed by atoms with Crippen molar-refractivity contribution in [1.82, 2.24) is 0 Å². The van der Waals surface area contributed by atoms with Crippen molar-refractivity contribution < 1.29 is 23.1 Å². The van der Waals surface area contributed by atoms with Gasteiger partial charge < -0.3 is 18.3 Å². The second kappa shape index (κ2) is 7.42. The SMILES string of the molecule is COC1(CC(C)C(=O)OC(C)(C)C)CCCC[Si]1(OC)OC. The van der Waals surface area contributed by atoms with Crippen LogP contribution in [0.25, 0.3) is 0 Å². The van der Waals surface area contributed by atoms with Crippen molar-refractivity contribution in [3.63, 3.8) is 0 Å². The maximum Gasteiger partial charge on any atom is 0.370 e. The zero-order valence-electron chi connectivity index (χ0n) is 15.2. The number of ether oxygens (including phenoxy) is 2. The number of rotatable bonds is 6. The quantitative estimate of drug-likeness (QED) is 0.552. The van der Waals surface area contributed by atoms with E-state index in [1.165, 1.54) is 0 Å². The standard InChI is InChI=1S/C16H32O5Si/c1-13(14(17)21-15(2,3)4)12-16(18-5)10-8-9-11-22(16,19-6)20-7/h13H,8-12H2,1-7H3. The molecule has 0 radical (unpaired) electrons. The predicted molar refractivity (Wildman–Crippen MR) is 87.8 cm³/mol. The van der Waals surface area contributed by atoms with E-state index < -0.39 is 19.4 Å². The molecule has 0 bridgehead atoms. The minimum Gasteiger partial charge on any atom is -0.460 e. The van der Waals surface area contributed by atoms with E-state index in [-0.39, 0.29) is 11.9 Å². The highest BCUT2D eigenvalue weighted by atomic mass is 28.4. The van der Waals surface area contributed by atoms with Crippen LogP contribution in [0.15, 0.2) is 0 Å². The molecule has 0 saturated carbocycles. The first-order valence-electron chi connectivity index (χ1n) is 8.03. The molecule has 130 valence electrons. The number of esters is 1. The largest absolute Gasteiger partial charge is 0.460 e. The third-order valence-corrected chi connectivity index (χ3v) is 8.90. The third kappa shape index (κ3) is 4.10. The van der Waals surface area contributed by atoms with Gasteiger partial charge in [0.25, 0.3) is 0 Å². The lowest BCUT2D eigenvalue weighted by Crippen LogP contribution is -2.65. The molecule has 1 aliphatic rings. The van der Waals surface area contributed by atoms with E-state index in [0.717, 1.165) is 25.3 Å². The van der Waals surface area contributed by atoms with Gasteiger partial charge in [-0.25, -0.2) is 0 Å². The van der Waals surface area contributed by atoms with Gasteiger partial charge in [0.1, 0.15) is 10.8 Å². The Balaban J connectivity index is 2.95. The summed E-state index contributed by atoms with van der Waals surface area (Å²) in [4.78, 5) is 12.3. The second-order valence-electron chi connectivity index (χ2n) is 7.21. The summed E-state index contributed by atoms with van der Waals surface area (Å²) < 4.78 is 23.1. The Morgan fingerprint density at radius 1 is 1.18 bits per heavy atom.